The van der Waals surface area contributed by atoms with E-state index in [1.807, 2.05) is 18.2 Å². The van der Waals surface area contributed by atoms with Crippen LogP contribution in [0.5, 0.6) is 0 Å². The van der Waals surface area contributed by atoms with E-state index in [4.69, 9.17) is 4.74 Å². The van der Waals surface area contributed by atoms with Gasteiger partial charge in [-0.15, -0.1) is 0 Å². The highest BCUT2D eigenvalue weighted by atomic mass is 16.5. The lowest BCUT2D eigenvalue weighted by atomic mass is 9.90. The maximum Gasteiger partial charge on any atom is 0.321 e. The lowest BCUT2D eigenvalue weighted by Gasteiger charge is -2.36. The van der Waals surface area contributed by atoms with Gasteiger partial charge in [-0.1, -0.05) is 13.0 Å². The molecule has 0 bridgehead atoms. The van der Waals surface area contributed by atoms with Crippen molar-refractivity contribution in [2.75, 3.05) is 25.5 Å². The third-order valence-corrected chi connectivity index (χ3v) is 4.99. The topological polar surface area (TPSA) is 58.6 Å². The fraction of sp³-hybridized carbons (Fsp3) is 0.556. The van der Waals surface area contributed by atoms with Gasteiger partial charge in [0.25, 0.3) is 0 Å². The number of carbonyl (C=O) groups excluding carboxylic acids is 2. The minimum absolute atomic E-state index is 0.0830. The van der Waals surface area contributed by atoms with Crippen LogP contribution in [-0.4, -0.2) is 43.0 Å². The highest BCUT2D eigenvalue weighted by Gasteiger charge is 2.29. The normalized spacial score (nSPS) is 24.3. The van der Waals surface area contributed by atoms with Gasteiger partial charge in [0.2, 0.25) is 0 Å². The fourth-order valence-electron chi connectivity index (χ4n) is 3.43. The quantitative estimate of drug-likeness (QED) is 0.912. The third-order valence-electron chi connectivity index (χ3n) is 4.99. The van der Waals surface area contributed by atoms with E-state index in [9.17, 15) is 9.59 Å². The van der Waals surface area contributed by atoms with Crippen LogP contribution in [0.3, 0.4) is 0 Å². The molecule has 0 aromatic heterocycles. The predicted octanol–water partition coefficient (Wildman–Crippen LogP) is 3.09. The van der Waals surface area contributed by atoms with Crippen molar-refractivity contribution in [2.24, 2.45) is 5.92 Å². The average molecular weight is 316 g/mol. The van der Waals surface area contributed by atoms with E-state index in [0.29, 0.717) is 24.6 Å². The van der Waals surface area contributed by atoms with Gasteiger partial charge in [-0.25, -0.2) is 4.79 Å². The minimum atomic E-state index is -0.123. The number of benzene rings is 1. The molecule has 2 atom stereocenters. The standard InChI is InChI=1S/C18H24N2O3/c1-12-8-9-20(11-17(12)23-2)18(22)19-14-7-6-13-4-3-5-16(21)15(13)10-14/h6-7,10,12,17H,3-5,8-9,11H2,1-2H3,(H,19,22)/t12-,17-/m0/s1. The molecule has 1 heterocycles. The van der Waals surface area contributed by atoms with Gasteiger partial charge >= 0.3 is 6.03 Å². The van der Waals surface area contributed by atoms with E-state index >= 15 is 0 Å². The largest absolute Gasteiger partial charge is 0.379 e. The molecular weight excluding hydrogens is 292 g/mol. The molecule has 2 amide bonds. The maximum absolute atomic E-state index is 12.5. The van der Waals surface area contributed by atoms with Gasteiger partial charge in [-0.3, -0.25) is 4.79 Å². The first kappa shape index (κ1) is 16.0. The Morgan fingerprint density at radius 3 is 2.96 bits per heavy atom. The molecule has 1 N–H and O–H groups in total. The Bertz CT molecular complexity index is 614. The zero-order chi connectivity index (χ0) is 16.4. The second-order valence-electron chi connectivity index (χ2n) is 6.56. The van der Waals surface area contributed by atoms with Crippen LogP contribution in [0, 0.1) is 5.92 Å². The number of amides is 2. The summed E-state index contributed by atoms with van der Waals surface area (Å²) in [6, 6.07) is 5.53. The van der Waals surface area contributed by atoms with Crippen molar-refractivity contribution in [2.45, 2.75) is 38.7 Å². The summed E-state index contributed by atoms with van der Waals surface area (Å²) in [7, 11) is 1.69. The molecule has 1 aromatic rings. The second kappa shape index (κ2) is 6.71. The Kier molecular flexibility index (Phi) is 4.66. The number of nitrogens with zero attached hydrogens (tertiary/aromatic N) is 1. The Balaban J connectivity index is 1.68. The number of Topliss-reactive ketones (excluding diaryl/α,β-unsaturated/α-hetero) is 1. The van der Waals surface area contributed by atoms with Crippen LogP contribution in [0.2, 0.25) is 0 Å². The van der Waals surface area contributed by atoms with Crippen LogP contribution in [0.1, 0.15) is 42.1 Å². The SMILES string of the molecule is CO[C@H]1CN(C(=O)Nc2ccc3c(c2)C(=O)CCC3)CC[C@@H]1C. The molecule has 5 heteroatoms. The summed E-state index contributed by atoms with van der Waals surface area (Å²) in [5, 5.41) is 2.92. The Morgan fingerprint density at radius 2 is 2.17 bits per heavy atom. The molecule has 1 saturated heterocycles. The summed E-state index contributed by atoms with van der Waals surface area (Å²) in [4.78, 5) is 26.3. The number of carbonyl (C=O) groups is 2. The van der Waals surface area contributed by atoms with Gasteiger partial charge in [0.15, 0.2) is 5.78 Å². The van der Waals surface area contributed by atoms with E-state index in [1.54, 1.807) is 12.0 Å². The van der Waals surface area contributed by atoms with Gasteiger partial charge in [0.1, 0.15) is 0 Å². The highest BCUT2D eigenvalue weighted by molar-refractivity contribution is 6.00. The summed E-state index contributed by atoms with van der Waals surface area (Å²) >= 11 is 0. The van der Waals surface area contributed by atoms with Gasteiger partial charge in [-0.05, 0) is 42.9 Å². The van der Waals surface area contributed by atoms with Crippen molar-refractivity contribution >= 4 is 17.5 Å². The number of hydrogen-bond acceptors (Lipinski definition) is 3. The summed E-state index contributed by atoms with van der Waals surface area (Å²) in [5.41, 5.74) is 2.54. The van der Waals surface area contributed by atoms with Crippen molar-refractivity contribution in [1.82, 2.24) is 4.90 Å². The Labute approximate surface area is 137 Å². The Morgan fingerprint density at radius 1 is 1.35 bits per heavy atom. The van der Waals surface area contributed by atoms with E-state index in [0.717, 1.165) is 36.9 Å². The van der Waals surface area contributed by atoms with Crippen LogP contribution in [0.15, 0.2) is 18.2 Å². The lowest BCUT2D eigenvalue weighted by Crippen LogP contribution is -2.48. The summed E-state index contributed by atoms with van der Waals surface area (Å²) in [6.45, 7) is 3.49. The van der Waals surface area contributed by atoms with Crippen molar-refractivity contribution < 1.29 is 14.3 Å². The van der Waals surface area contributed by atoms with Crippen molar-refractivity contribution in [3.05, 3.63) is 29.3 Å². The van der Waals surface area contributed by atoms with Gasteiger partial charge in [0, 0.05) is 37.9 Å². The number of likely N-dealkylation sites (tertiary alicyclic amines) is 1. The minimum Gasteiger partial charge on any atom is -0.379 e. The molecule has 1 aliphatic heterocycles. The number of ketones is 1. The number of anilines is 1. The highest BCUT2D eigenvalue weighted by Crippen LogP contribution is 2.25. The van der Waals surface area contributed by atoms with E-state index in [2.05, 4.69) is 12.2 Å². The summed E-state index contributed by atoms with van der Waals surface area (Å²) < 4.78 is 5.46. The molecule has 124 valence electrons. The second-order valence-corrected chi connectivity index (χ2v) is 6.56. The zero-order valence-corrected chi connectivity index (χ0v) is 13.8. The monoisotopic (exact) mass is 316 g/mol. The predicted molar refractivity (Wildman–Crippen MR) is 88.9 cm³/mol. The lowest BCUT2D eigenvalue weighted by molar-refractivity contribution is 0.00896. The number of aryl methyl sites for hydroxylation is 1. The van der Waals surface area contributed by atoms with Gasteiger partial charge in [0.05, 0.1) is 6.10 Å². The number of methoxy groups -OCH3 is 1. The molecule has 0 saturated carbocycles. The smallest absolute Gasteiger partial charge is 0.321 e. The van der Waals surface area contributed by atoms with E-state index < -0.39 is 0 Å². The number of rotatable bonds is 2. The van der Waals surface area contributed by atoms with Crippen LogP contribution in [0.25, 0.3) is 0 Å². The molecule has 23 heavy (non-hydrogen) atoms. The fourth-order valence-corrected chi connectivity index (χ4v) is 3.43. The molecule has 5 nitrogen and oxygen atoms in total. The molecular formula is C18H24N2O3. The van der Waals surface area contributed by atoms with Crippen LogP contribution < -0.4 is 5.32 Å². The van der Waals surface area contributed by atoms with Gasteiger partial charge in [-0.2, -0.15) is 0 Å². The molecule has 0 radical (unpaired) electrons. The molecule has 2 aliphatic rings. The molecule has 3 rings (SSSR count). The van der Waals surface area contributed by atoms with Crippen molar-refractivity contribution in [3.63, 3.8) is 0 Å². The first-order valence-electron chi connectivity index (χ1n) is 8.33. The molecule has 1 aliphatic carbocycles. The molecule has 1 aromatic carbocycles. The number of ether oxygens (including phenoxy) is 1. The van der Waals surface area contributed by atoms with Crippen molar-refractivity contribution in [3.8, 4) is 0 Å². The number of urea groups is 1. The average Bonchev–Trinajstić information content (AvgIpc) is 2.56. The number of fused-ring (bicyclic) bond motifs is 1. The van der Waals surface area contributed by atoms with E-state index in [1.165, 1.54) is 0 Å². The number of hydrogen-bond donors (Lipinski definition) is 1. The van der Waals surface area contributed by atoms with E-state index in [-0.39, 0.29) is 17.9 Å². The first-order chi connectivity index (χ1) is 11.1. The molecule has 0 spiro atoms. The van der Waals surface area contributed by atoms with Gasteiger partial charge < -0.3 is 15.0 Å². The molecule has 1 fully saturated rings. The summed E-state index contributed by atoms with van der Waals surface area (Å²) in [5.74, 6) is 0.638. The number of nitrogens with one attached hydrogen (secondary N) is 1. The molecule has 0 unspecified atom stereocenters. The van der Waals surface area contributed by atoms with Crippen LogP contribution in [-0.2, 0) is 11.2 Å². The number of piperidine rings is 1. The first-order valence-corrected chi connectivity index (χ1v) is 8.33. The van der Waals surface area contributed by atoms with Crippen LogP contribution in [0.4, 0.5) is 10.5 Å². The van der Waals surface area contributed by atoms with Crippen LogP contribution >= 0.6 is 0 Å². The Hall–Kier alpha value is -1.88. The zero-order valence-electron chi connectivity index (χ0n) is 13.8. The summed E-state index contributed by atoms with van der Waals surface area (Å²) in [6.07, 6.45) is 3.48. The van der Waals surface area contributed by atoms with Crippen molar-refractivity contribution in [1.29, 1.82) is 0 Å². The third kappa shape index (κ3) is 3.39. The maximum atomic E-state index is 12.5.